The fraction of sp³-hybridized carbons (Fsp3) is 1.00. The van der Waals surface area contributed by atoms with E-state index < -0.39 is 6.10 Å². The van der Waals surface area contributed by atoms with Crippen molar-refractivity contribution in [1.82, 2.24) is 0 Å². The van der Waals surface area contributed by atoms with E-state index in [-0.39, 0.29) is 12.7 Å². The molecule has 2 atom stereocenters. The van der Waals surface area contributed by atoms with Crippen molar-refractivity contribution in [2.24, 2.45) is 0 Å². The SMILES string of the molecule is CCCCCCCCCCCCC(O)CCOCCC(O)CO. The van der Waals surface area contributed by atoms with Crippen LogP contribution in [0.4, 0.5) is 0 Å². The van der Waals surface area contributed by atoms with Crippen LogP contribution in [-0.4, -0.2) is 47.3 Å². The van der Waals surface area contributed by atoms with Crippen molar-refractivity contribution in [2.45, 2.75) is 103 Å². The van der Waals surface area contributed by atoms with E-state index in [1.54, 1.807) is 0 Å². The standard InChI is InChI=1S/C19H40O4/c1-2-3-4-5-6-7-8-9-10-11-12-18(21)13-15-23-16-14-19(22)17-20/h18-22H,2-17H2,1H3. The Balaban J connectivity index is 3.17. The van der Waals surface area contributed by atoms with Gasteiger partial charge in [-0.15, -0.1) is 0 Å². The van der Waals surface area contributed by atoms with Crippen LogP contribution in [-0.2, 0) is 4.74 Å². The second-order valence-electron chi connectivity index (χ2n) is 6.65. The molecule has 4 heteroatoms. The summed E-state index contributed by atoms with van der Waals surface area (Å²) < 4.78 is 5.35. The zero-order valence-electron chi connectivity index (χ0n) is 15.2. The van der Waals surface area contributed by atoms with Crippen LogP contribution in [0, 0.1) is 0 Å². The molecule has 0 aliphatic carbocycles. The molecule has 3 N–H and O–H groups in total. The monoisotopic (exact) mass is 332 g/mol. The topological polar surface area (TPSA) is 69.9 Å². The molecule has 0 heterocycles. The van der Waals surface area contributed by atoms with Crippen LogP contribution in [0.25, 0.3) is 0 Å². The van der Waals surface area contributed by atoms with E-state index in [1.807, 2.05) is 0 Å². The molecule has 2 unspecified atom stereocenters. The zero-order chi connectivity index (χ0) is 17.2. The Kier molecular flexibility index (Phi) is 18.1. The van der Waals surface area contributed by atoms with Crippen molar-refractivity contribution in [3.63, 3.8) is 0 Å². The molecule has 0 aromatic heterocycles. The highest BCUT2D eigenvalue weighted by atomic mass is 16.5. The lowest BCUT2D eigenvalue weighted by atomic mass is 10.0. The third-order valence-electron chi connectivity index (χ3n) is 4.29. The first-order chi connectivity index (χ1) is 11.2. The van der Waals surface area contributed by atoms with Crippen LogP contribution in [0.2, 0.25) is 0 Å². The average Bonchev–Trinajstić information content (AvgIpc) is 2.56. The minimum Gasteiger partial charge on any atom is -0.394 e. The first-order valence-electron chi connectivity index (χ1n) is 9.75. The van der Waals surface area contributed by atoms with E-state index in [1.165, 1.54) is 57.8 Å². The summed E-state index contributed by atoms with van der Waals surface area (Å²) in [6.45, 7) is 3.00. The van der Waals surface area contributed by atoms with Crippen LogP contribution in [0.3, 0.4) is 0 Å². The van der Waals surface area contributed by atoms with E-state index in [9.17, 15) is 5.11 Å². The summed E-state index contributed by atoms with van der Waals surface area (Å²) in [5.41, 5.74) is 0. The smallest absolute Gasteiger partial charge is 0.0792 e. The van der Waals surface area contributed by atoms with Crippen molar-refractivity contribution in [1.29, 1.82) is 0 Å². The van der Waals surface area contributed by atoms with Crippen molar-refractivity contribution in [2.75, 3.05) is 19.8 Å². The molecule has 0 spiro atoms. The Morgan fingerprint density at radius 2 is 1.13 bits per heavy atom. The van der Waals surface area contributed by atoms with Gasteiger partial charge in [0.1, 0.15) is 0 Å². The van der Waals surface area contributed by atoms with Gasteiger partial charge in [0.25, 0.3) is 0 Å². The molecule has 0 saturated heterocycles. The Bertz CT molecular complexity index is 223. The molecule has 4 nitrogen and oxygen atoms in total. The molecule has 23 heavy (non-hydrogen) atoms. The maximum absolute atomic E-state index is 9.86. The maximum atomic E-state index is 9.86. The van der Waals surface area contributed by atoms with Crippen LogP contribution in [0.1, 0.15) is 90.4 Å². The van der Waals surface area contributed by atoms with Gasteiger partial charge in [-0.2, -0.15) is 0 Å². The Labute approximate surface area is 143 Å². The van der Waals surface area contributed by atoms with E-state index in [4.69, 9.17) is 14.9 Å². The van der Waals surface area contributed by atoms with Gasteiger partial charge < -0.3 is 20.1 Å². The molecule has 0 radical (unpaired) electrons. The van der Waals surface area contributed by atoms with Gasteiger partial charge in [-0.05, 0) is 19.3 Å². The molecule has 0 saturated carbocycles. The lowest BCUT2D eigenvalue weighted by Crippen LogP contribution is -2.16. The quantitative estimate of drug-likeness (QED) is 0.334. The van der Waals surface area contributed by atoms with Gasteiger partial charge in [0.15, 0.2) is 0 Å². The molecule has 0 aliphatic rings. The highest BCUT2D eigenvalue weighted by Gasteiger charge is 2.05. The Hall–Kier alpha value is -0.160. The molecular weight excluding hydrogens is 292 g/mol. The normalized spacial score (nSPS) is 14.1. The number of unbranched alkanes of at least 4 members (excludes halogenated alkanes) is 9. The third-order valence-corrected chi connectivity index (χ3v) is 4.29. The molecule has 0 aromatic rings. The van der Waals surface area contributed by atoms with E-state index in [0.29, 0.717) is 26.1 Å². The molecule has 0 aromatic carbocycles. The third kappa shape index (κ3) is 18.0. The molecule has 140 valence electrons. The number of aliphatic hydroxyl groups excluding tert-OH is 3. The Morgan fingerprint density at radius 3 is 1.65 bits per heavy atom. The van der Waals surface area contributed by atoms with Crippen molar-refractivity contribution >= 4 is 0 Å². The maximum Gasteiger partial charge on any atom is 0.0792 e. The number of rotatable bonds is 18. The molecule has 0 aliphatic heterocycles. The summed E-state index contributed by atoms with van der Waals surface area (Å²) in [4.78, 5) is 0. The lowest BCUT2D eigenvalue weighted by molar-refractivity contribution is 0.0357. The fourth-order valence-electron chi connectivity index (χ4n) is 2.64. The predicted molar refractivity (Wildman–Crippen MR) is 95.6 cm³/mol. The summed E-state index contributed by atoms with van der Waals surface area (Å²) in [6, 6.07) is 0. The second-order valence-corrected chi connectivity index (χ2v) is 6.65. The van der Waals surface area contributed by atoms with E-state index in [2.05, 4.69) is 6.92 Å². The van der Waals surface area contributed by atoms with Gasteiger partial charge in [0.05, 0.1) is 18.8 Å². The Morgan fingerprint density at radius 1 is 0.652 bits per heavy atom. The van der Waals surface area contributed by atoms with Gasteiger partial charge in [0, 0.05) is 13.2 Å². The van der Waals surface area contributed by atoms with Crippen LogP contribution in [0.15, 0.2) is 0 Å². The molecule has 0 amide bonds. The predicted octanol–water partition coefficient (Wildman–Crippen LogP) is 3.81. The first-order valence-corrected chi connectivity index (χ1v) is 9.75. The van der Waals surface area contributed by atoms with Gasteiger partial charge in [-0.3, -0.25) is 0 Å². The molecule has 0 rings (SSSR count). The highest BCUT2D eigenvalue weighted by molar-refractivity contribution is 4.57. The molecule has 0 fully saturated rings. The number of aliphatic hydroxyl groups is 3. The highest BCUT2D eigenvalue weighted by Crippen LogP contribution is 2.12. The van der Waals surface area contributed by atoms with Gasteiger partial charge >= 0.3 is 0 Å². The number of ether oxygens (including phenoxy) is 1. The largest absolute Gasteiger partial charge is 0.394 e. The van der Waals surface area contributed by atoms with Crippen molar-refractivity contribution < 1.29 is 20.1 Å². The van der Waals surface area contributed by atoms with Crippen molar-refractivity contribution in [3.05, 3.63) is 0 Å². The van der Waals surface area contributed by atoms with E-state index >= 15 is 0 Å². The summed E-state index contributed by atoms with van der Waals surface area (Å²) in [5, 5.41) is 27.7. The fourth-order valence-corrected chi connectivity index (χ4v) is 2.64. The number of hydrogen-bond acceptors (Lipinski definition) is 4. The average molecular weight is 333 g/mol. The van der Waals surface area contributed by atoms with Gasteiger partial charge in [-0.1, -0.05) is 71.1 Å². The lowest BCUT2D eigenvalue weighted by Gasteiger charge is -2.11. The van der Waals surface area contributed by atoms with Crippen LogP contribution < -0.4 is 0 Å². The minimum absolute atomic E-state index is 0.218. The van der Waals surface area contributed by atoms with Gasteiger partial charge in [0.2, 0.25) is 0 Å². The summed E-state index contributed by atoms with van der Waals surface area (Å²) >= 11 is 0. The summed E-state index contributed by atoms with van der Waals surface area (Å²) in [7, 11) is 0. The van der Waals surface area contributed by atoms with Crippen LogP contribution in [0.5, 0.6) is 0 Å². The first kappa shape index (κ1) is 22.8. The molecular formula is C19H40O4. The second kappa shape index (κ2) is 18.2. The number of hydrogen-bond donors (Lipinski definition) is 3. The zero-order valence-corrected chi connectivity index (χ0v) is 15.2. The summed E-state index contributed by atoms with van der Waals surface area (Å²) in [6.07, 6.45) is 14.2. The van der Waals surface area contributed by atoms with E-state index in [0.717, 1.165) is 12.8 Å². The minimum atomic E-state index is -0.688. The summed E-state index contributed by atoms with van der Waals surface area (Å²) in [5.74, 6) is 0. The van der Waals surface area contributed by atoms with Gasteiger partial charge in [-0.25, -0.2) is 0 Å². The van der Waals surface area contributed by atoms with Crippen molar-refractivity contribution in [3.8, 4) is 0 Å². The van der Waals surface area contributed by atoms with Crippen LogP contribution >= 0.6 is 0 Å². The molecule has 0 bridgehead atoms.